The SMILES string of the molecule is C[C@@H]1OCCN(C(=O)[C@H](C)[C@@H](N)c2ccccc2)[C@@H]1C. The van der Waals surface area contributed by atoms with Crippen LogP contribution in [0, 0.1) is 5.92 Å². The van der Waals surface area contributed by atoms with E-state index in [1.54, 1.807) is 0 Å². The van der Waals surface area contributed by atoms with Gasteiger partial charge in [-0.2, -0.15) is 0 Å². The van der Waals surface area contributed by atoms with Gasteiger partial charge in [0.25, 0.3) is 0 Å². The molecule has 2 rings (SSSR count). The Morgan fingerprint density at radius 3 is 2.65 bits per heavy atom. The highest BCUT2D eigenvalue weighted by Crippen LogP contribution is 2.24. The Hall–Kier alpha value is -1.39. The predicted molar refractivity (Wildman–Crippen MR) is 79.1 cm³/mol. The lowest BCUT2D eigenvalue weighted by molar-refractivity contribution is -0.148. The van der Waals surface area contributed by atoms with Gasteiger partial charge in [0, 0.05) is 12.6 Å². The number of ether oxygens (including phenoxy) is 1. The summed E-state index contributed by atoms with van der Waals surface area (Å²) in [6.07, 6.45) is 0.0767. The summed E-state index contributed by atoms with van der Waals surface area (Å²) in [5, 5.41) is 0. The van der Waals surface area contributed by atoms with Crippen LogP contribution in [0.5, 0.6) is 0 Å². The van der Waals surface area contributed by atoms with Gasteiger partial charge in [-0.05, 0) is 19.4 Å². The number of amides is 1. The maximum Gasteiger partial charge on any atom is 0.227 e. The van der Waals surface area contributed by atoms with Gasteiger partial charge in [0.05, 0.1) is 24.7 Å². The fraction of sp³-hybridized carbons (Fsp3) is 0.562. The van der Waals surface area contributed by atoms with Crippen LogP contribution in [-0.2, 0) is 9.53 Å². The molecule has 4 nitrogen and oxygen atoms in total. The Morgan fingerprint density at radius 2 is 2.00 bits per heavy atom. The molecule has 1 aromatic carbocycles. The molecule has 4 heteroatoms. The number of morpholine rings is 1. The van der Waals surface area contributed by atoms with Gasteiger partial charge in [0.15, 0.2) is 0 Å². The van der Waals surface area contributed by atoms with E-state index in [1.165, 1.54) is 0 Å². The van der Waals surface area contributed by atoms with Crippen LogP contribution in [0.25, 0.3) is 0 Å². The first kappa shape index (κ1) is 15.0. The van der Waals surface area contributed by atoms with E-state index in [9.17, 15) is 4.79 Å². The lowest BCUT2D eigenvalue weighted by Gasteiger charge is -2.40. The summed E-state index contributed by atoms with van der Waals surface area (Å²) >= 11 is 0. The first-order valence-electron chi connectivity index (χ1n) is 7.25. The molecular weight excluding hydrogens is 252 g/mol. The number of carbonyl (C=O) groups is 1. The molecule has 1 fully saturated rings. The molecule has 0 spiro atoms. The standard InChI is InChI=1S/C16H24N2O2/c1-11(15(17)14-7-5-4-6-8-14)16(19)18-9-10-20-13(3)12(18)2/h4-8,11-13,15H,9-10,17H2,1-3H3/t11-,12-,13+,15-/m1/s1. The second-order valence-corrected chi connectivity index (χ2v) is 5.57. The van der Waals surface area contributed by atoms with Gasteiger partial charge in [-0.3, -0.25) is 4.79 Å². The van der Waals surface area contributed by atoms with Crippen molar-refractivity contribution < 1.29 is 9.53 Å². The smallest absolute Gasteiger partial charge is 0.227 e. The van der Waals surface area contributed by atoms with Crippen LogP contribution >= 0.6 is 0 Å². The zero-order valence-electron chi connectivity index (χ0n) is 12.5. The molecule has 20 heavy (non-hydrogen) atoms. The van der Waals surface area contributed by atoms with Crippen LogP contribution in [0.4, 0.5) is 0 Å². The van der Waals surface area contributed by atoms with Crippen molar-refractivity contribution in [3.63, 3.8) is 0 Å². The maximum absolute atomic E-state index is 12.7. The largest absolute Gasteiger partial charge is 0.375 e. The molecule has 0 bridgehead atoms. The molecule has 1 aromatic rings. The highest BCUT2D eigenvalue weighted by molar-refractivity contribution is 5.80. The zero-order chi connectivity index (χ0) is 14.7. The van der Waals surface area contributed by atoms with Crippen LogP contribution in [-0.4, -0.2) is 36.1 Å². The summed E-state index contributed by atoms with van der Waals surface area (Å²) in [5.41, 5.74) is 7.25. The molecule has 0 saturated carbocycles. The Bertz CT molecular complexity index is 449. The average Bonchev–Trinajstić information content (AvgIpc) is 2.48. The molecule has 1 aliphatic heterocycles. The zero-order valence-corrected chi connectivity index (χ0v) is 12.5. The lowest BCUT2D eigenvalue weighted by atomic mass is 9.93. The first-order valence-corrected chi connectivity index (χ1v) is 7.25. The number of benzene rings is 1. The fourth-order valence-corrected chi connectivity index (χ4v) is 2.62. The van der Waals surface area contributed by atoms with Crippen molar-refractivity contribution in [2.24, 2.45) is 11.7 Å². The monoisotopic (exact) mass is 276 g/mol. The minimum atomic E-state index is -0.269. The van der Waals surface area contributed by atoms with Gasteiger partial charge in [0.2, 0.25) is 5.91 Å². The summed E-state index contributed by atoms with van der Waals surface area (Å²) in [4.78, 5) is 14.6. The summed E-state index contributed by atoms with van der Waals surface area (Å²) in [7, 11) is 0. The average molecular weight is 276 g/mol. The van der Waals surface area contributed by atoms with E-state index in [0.717, 1.165) is 5.56 Å². The van der Waals surface area contributed by atoms with Crippen molar-refractivity contribution in [1.29, 1.82) is 0 Å². The number of rotatable bonds is 3. The lowest BCUT2D eigenvalue weighted by Crippen LogP contribution is -2.53. The topological polar surface area (TPSA) is 55.6 Å². The van der Waals surface area contributed by atoms with E-state index >= 15 is 0 Å². The number of carbonyl (C=O) groups excluding carboxylic acids is 1. The second-order valence-electron chi connectivity index (χ2n) is 5.57. The summed E-state index contributed by atoms with van der Waals surface area (Å²) in [6.45, 7) is 7.20. The van der Waals surface area contributed by atoms with Gasteiger partial charge in [-0.15, -0.1) is 0 Å². The number of hydrogen-bond acceptors (Lipinski definition) is 3. The highest BCUT2D eigenvalue weighted by atomic mass is 16.5. The molecule has 2 N–H and O–H groups in total. The molecule has 1 saturated heterocycles. The van der Waals surface area contributed by atoms with E-state index in [1.807, 2.05) is 56.0 Å². The van der Waals surface area contributed by atoms with Crippen molar-refractivity contribution in [3.05, 3.63) is 35.9 Å². The van der Waals surface area contributed by atoms with E-state index in [-0.39, 0.29) is 30.0 Å². The van der Waals surface area contributed by atoms with Crippen molar-refractivity contribution in [2.45, 2.75) is 39.0 Å². The van der Waals surface area contributed by atoms with Crippen LogP contribution in [0.3, 0.4) is 0 Å². The molecule has 110 valence electrons. The molecule has 0 radical (unpaired) electrons. The van der Waals surface area contributed by atoms with Crippen molar-refractivity contribution in [3.8, 4) is 0 Å². The number of nitrogens with zero attached hydrogens (tertiary/aromatic N) is 1. The normalized spacial score (nSPS) is 26.1. The van der Waals surface area contributed by atoms with E-state index in [4.69, 9.17) is 10.5 Å². The summed E-state index contributed by atoms with van der Waals surface area (Å²) < 4.78 is 5.57. The Labute approximate surface area is 120 Å². The minimum absolute atomic E-state index is 0.0767. The van der Waals surface area contributed by atoms with Crippen LogP contribution in [0.2, 0.25) is 0 Å². The first-order chi connectivity index (χ1) is 9.52. The molecule has 0 unspecified atom stereocenters. The van der Waals surface area contributed by atoms with Gasteiger partial charge in [0.1, 0.15) is 0 Å². The van der Waals surface area contributed by atoms with Gasteiger partial charge < -0.3 is 15.4 Å². The quantitative estimate of drug-likeness (QED) is 0.918. The third-order valence-electron chi connectivity index (χ3n) is 4.28. The third kappa shape index (κ3) is 3.02. The Kier molecular flexibility index (Phi) is 4.78. The molecule has 1 amide bonds. The number of nitrogens with two attached hydrogens (primary N) is 1. The van der Waals surface area contributed by atoms with E-state index < -0.39 is 0 Å². The molecular formula is C16H24N2O2. The molecule has 1 aliphatic rings. The highest BCUT2D eigenvalue weighted by Gasteiger charge is 2.33. The predicted octanol–water partition coefficient (Wildman–Crippen LogP) is 1.96. The van der Waals surface area contributed by atoms with Crippen LogP contribution in [0.15, 0.2) is 30.3 Å². The minimum Gasteiger partial charge on any atom is -0.375 e. The molecule has 1 heterocycles. The van der Waals surface area contributed by atoms with E-state index in [2.05, 4.69) is 0 Å². The van der Waals surface area contributed by atoms with Crippen molar-refractivity contribution >= 4 is 5.91 Å². The number of hydrogen-bond donors (Lipinski definition) is 1. The van der Waals surface area contributed by atoms with Gasteiger partial charge in [-0.1, -0.05) is 37.3 Å². The van der Waals surface area contributed by atoms with Crippen molar-refractivity contribution in [2.75, 3.05) is 13.2 Å². The molecule has 4 atom stereocenters. The van der Waals surface area contributed by atoms with Crippen LogP contribution in [0.1, 0.15) is 32.4 Å². The van der Waals surface area contributed by atoms with Crippen molar-refractivity contribution in [1.82, 2.24) is 4.90 Å². The third-order valence-corrected chi connectivity index (χ3v) is 4.28. The Morgan fingerprint density at radius 1 is 1.35 bits per heavy atom. The van der Waals surface area contributed by atoms with Gasteiger partial charge in [-0.25, -0.2) is 0 Å². The summed E-state index contributed by atoms with van der Waals surface area (Å²) in [5.74, 6) is -0.117. The molecule has 0 aliphatic carbocycles. The maximum atomic E-state index is 12.7. The summed E-state index contributed by atoms with van der Waals surface area (Å²) in [6, 6.07) is 9.63. The Balaban J connectivity index is 2.08. The second kappa shape index (κ2) is 6.37. The van der Waals surface area contributed by atoms with Gasteiger partial charge >= 0.3 is 0 Å². The van der Waals surface area contributed by atoms with E-state index in [0.29, 0.717) is 13.2 Å². The fourth-order valence-electron chi connectivity index (χ4n) is 2.62. The van der Waals surface area contributed by atoms with Crippen LogP contribution < -0.4 is 5.73 Å². The molecule has 0 aromatic heterocycles.